The van der Waals surface area contributed by atoms with Crippen molar-refractivity contribution >= 4 is 23.8 Å². The van der Waals surface area contributed by atoms with Crippen LogP contribution in [0.15, 0.2) is 18.2 Å². The van der Waals surface area contributed by atoms with Crippen molar-refractivity contribution in [3.63, 3.8) is 0 Å². The molecule has 9 heteroatoms. The van der Waals surface area contributed by atoms with Crippen LogP contribution in [0.2, 0.25) is 0 Å². The number of carboxylic acid groups (broad SMARTS) is 1. The van der Waals surface area contributed by atoms with Crippen LogP contribution in [-0.4, -0.2) is 70.9 Å². The van der Waals surface area contributed by atoms with Gasteiger partial charge < -0.3 is 15.3 Å². The maximum atomic E-state index is 12.9. The summed E-state index contributed by atoms with van der Waals surface area (Å²) >= 11 is 0. The molecule has 2 unspecified atom stereocenters. The fourth-order valence-corrected chi connectivity index (χ4v) is 4.24. The Morgan fingerprint density at radius 1 is 1.11 bits per heavy atom. The van der Waals surface area contributed by atoms with E-state index in [1.807, 2.05) is 6.07 Å². The Labute approximate surface area is 161 Å². The van der Waals surface area contributed by atoms with Crippen LogP contribution in [0.25, 0.3) is 0 Å². The quantitative estimate of drug-likeness (QED) is 0.621. The van der Waals surface area contributed by atoms with E-state index in [1.165, 1.54) is 9.80 Å². The number of nitrogens with zero attached hydrogens (tertiary/aromatic N) is 2. The van der Waals surface area contributed by atoms with Crippen molar-refractivity contribution in [2.45, 2.75) is 31.3 Å². The number of fused-ring (bicyclic) bond motifs is 1. The molecular weight excluding hydrogens is 364 g/mol. The lowest BCUT2D eigenvalue weighted by atomic mass is 9.91. The van der Waals surface area contributed by atoms with Gasteiger partial charge in [-0.05, 0) is 30.0 Å². The van der Waals surface area contributed by atoms with E-state index in [2.05, 4.69) is 10.6 Å². The summed E-state index contributed by atoms with van der Waals surface area (Å²) in [5, 5.41) is 15.0. The Morgan fingerprint density at radius 2 is 1.93 bits per heavy atom. The molecule has 0 aliphatic carbocycles. The van der Waals surface area contributed by atoms with Crippen molar-refractivity contribution in [3.8, 4) is 0 Å². The number of nitrogens with one attached hydrogen (secondary N) is 2. The molecule has 9 nitrogen and oxygen atoms in total. The van der Waals surface area contributed by atoms with Crippen LogP contribution in [0, 0.1) is 0 Å². The highest BCUT2D eigenvalue weighted by molar-refractivity contribution is 6.04. The summed E-state index contributed by atoms with van der Waals surface area (Å²) in [7, 11) is 0. The van der Waals surface area contributed by atoms with Crippen molar-refractivity contribution in [1.82, 2.24) is 20.4 Å². The van der Waals surface area contributed by atoms with Gasteiger partial charge in [0.1, 0.15) is 6.04 Å². The van der Waals surface area contributed by atoms with Gasteiger partial charge >= 0.3 is 6.09 Å². The molecule has 2 atom stereocenters. The van der Waals surface area contributed by atoms with E-state index in [0.29, 0.717) is 44.6 Å². The molecule has 28 heavy (non-hydrogen) atoms. The number of amides is 4. The van der Waals surface area contributed by atoms with Crippen LogP contribution < -0.4 is 10.6 Å². The van der Waals surface area contributed by atoms with Crippen LogP contribution in [0.3, 0.4) is 0 Å². The number of imide groups is 1. The molecule has 3 heterocycles. The minimum Gasteiger partial charge on any atom is -0.465 e. The predicted molar refractivity (Wildman–Crippen MR) is 97.7 cm³/mol. The summed E-state index contributed by atoms with van der Waals surface area (Å²) in [5.74, 6) is -0.950. The van der Waals surface area contributed by atoms with Gasteiger partial charge in [-0.1, -0.05) is 12.1 Å². The maximum absolute atomic E-state index is 12.9. The number of hydrogen-bond acceptors (Lipinski definition) is 5. The number of benzene rings is 1. The number of carbonyl (C=O) groups is 4. The molecule has 3 N–H and O–H groups in total. The molecule has 2 fully saturated rings. The Morgan fingerprint density at radius 3 is 2.68 bits per heavy atom. The summed E-state index contributed by atoms with van der Waals surface area (Å²) in [6.07, 6.45) is 0.195. The molecule has 2 saturated heterocycles. The van der Waals surface area contributed by atoms with E-state index in [9.17, 15) is 24.3 Å². The molecule has 4 amide bonds. The molecule has 0 bridgehead atoms. The van der Waals surface area contributed by atoms with Gasteiger partial charge in [-0.15, -0.1) is 0 Å². The zero-order valence-electron chi connectivity index (χ0n) is 15.3. The molecule has 1 aromatic carbocycles. The molecule has 0 saturated carbocycles. The Kier molecular flexibility index (Phi) is 4.76. The highest BCUT2D eigenvalue weighted by Gasteiger charge is 2.37. The van der Waals surface area contributed by atoms with E-state index in [-0.39, 0.29) is 24.3 Å². The first kappa shape index (κ1) is 18.4. The van der Waals surface area contributed by atoms with E-state index >= 15 is 0 Å². The fraction of sp³-hybridized carbons (Fsp3) is 0.474. The molecule has 3 aliphatic rings. The maximum Gasteiger partial charge on any atom is 0.407 e. The van der Waals surface area contributed by atoms with Gasteiger partial charge in [-0.25, -0.2) is 4.79 Å². The Hall–Kier alpha value is -2.94. The van der Waals surface area contributed by atoms with E-state index in [1.54, 1.807) is 12.1 Å². The number of hydrogen-bond donors (Lipinski definition) is 3. The molecule has 0 spiro atoms. The van der Waals surface area contributed by atoms with Gasteiger partial charge in [-0.2, -0.15) is 0 Å². The van der Waals surface area contributed by atoms with Crippen molar-refractivity contribution in [3.05, 3.63) is 34.9 Å². The zero-order valence-corrected chi connectivity index (χ0v) is 15.3. The van der Waals surface area contributed by atoms with Gasteiger partial charge in [0.25, 0.3) is 5.91 Å². The van der Waals surface area contributed by atoms with Crippen molar-refractivity contribution in [2.24, 2.45) is 0 Å². The lowest BCUT2D eigenvalue weighted by molar-refractivity contribution is -0.136. The Balaban J connectivity index is 1.57. The smallest absolute Gasteiger partial charge is 0.407 e. The van der Waals surface area contributed by atoms with E-state index < -0.39 is 18.0 Å². The second-order valence-electron chi connectivity index (χ2n) is 7.33. The van der Waals surface area contributed by atoms with Gasteiger partial charge in [0.15, 0.2) is 0 Å². The van der Waals surface area contributed by atoms with Crippen molar-refractivity contribution < 1.29 is 24.3 Å². The molecular formula is C19H22N4O5. The van der Waals surface area contributed by atoms with Gasteiger partial charge in [0.2, 0.25) is 11.8 Å². The fourth-order valence-electron chi connectivity index (χ4n) is 4.24. The number of carbonyl (C=O) groups excluding carboxylic acids is 3. The molecule has 148 valence electrons. The van der Waals surface area contributed by atoms with Crippen molar-refractivity contribution in [2.75, 3.05) is 26.2 Å². The summed E-state index contributed by atoms with van der Waals surface area (Å²) in [5.41, 5.74) is 2.25. The third kappa shape index (κ3) is 3.22. The monoisotopic (exact) mass is 386 g/mol. The largest absolute Gasteiger partial charge is 0.465 e. The summed E-state index contributed by atoms with van der Waals surface area (Å²) in [4.78, 5) is 50.9. The normalized spacial score (nSPS) is 25.4. The highest BCUT2D eigenvalue weighted by atomic mass is 16.4. The minimum atomic E-state index is -0.954. The summed E-state index contributed by atoms with van der Waals surface area (Å²) in [6, 6.07) is 4.50. The van der Waals surface area contributed by atoms with E-state index in [4.69, 9.17) is 0 Å². The first-order chi connectivity index (χ1) is 13.5. The predicted octanol–water partition coefficient (Wildman–Crippen LogP) is 0.114. The molecule has 0 aromatic heterocycles. The second kappa shape index (κ2) is 7.23. The second-order valence-corrected chi connectivity index (χ2v) is 7.33. The van der Waals surface area contributed by atoms with Crippen LogP contribution in [0.4, 0.5) is 4.79 Å². The lowest BCUT2D eigenvalue weighted by Gasteiger charge is -2.37. The zero-order chi connectivity index (χ0) is 19.8. The Bertz CT molecular complexity index is 855. The molecule has 4 rings (SSSR count). The molecule has 1 aromatic rings. The first-order valence-electron chi connectivity index (χ1n) is 9.43. The van der Waals surface area contributed by atoms with Gasteiger partial charge in [0.05, 0.1) is 6.04 Å². The number of rotatable bonds is 2. The minimum absolute atomic E-state index is 0.223. The van der Waals surface area contributed by atoms with Crippen LogP contribution >= 0.6 is 0 Å². The average Bonchev–Trinajstić information content (AvgIpc) is 2.69. The first-order valence-corrected chi connectivity index (χ1v) is 9.43. The third-order valence-electron chi connectivity index (χ3n) is 5.70. The SMILES string of the molecule is O=C1CCC(N2CCc3cc(C4CNCCN4C(=O)O)ccc3C2=O)C(=O)N1. The van der Waals surface area contributed by atoms with E-state index in [0.717, 1.165) is 11.1 Å². The molecule has 0 radical (unpaired) electrons. The van der Waals surface area contributed by atoms with Gasteiger partial charge in [0, 0.05) is 38.2 Å². The number of piperidine rings is 1. The van der Waals surface area contributed by atoms with Crippen molar-refractivity contribution in [1.29, 1.82) is 0 Å². The molecule has 3 aliphatic heterocycles. The summed E-state index contributed by atoms with van der Waals surface area (Å²) < 4.78 is 0. The number of piperazine rings is 1. The summed E-state index contributed by atoms with van der Waals surface area (Å²) in [6.45, 7) is 1.96. The van der Waals surface area contributed by atoms with Gasteiger partial charge in [-0.3, -0.25) is 24.6 Å². The average molecular weight is 386 g/mol. The topological polar surface area (TPSA) is 119 Å². The van der Waals surface area contributed by atoms with Crippen LogP contribution in [0.1, 0.15) is 40.4 Å². The highest BCUT2D eigenvalue weighted by Crippen LogP contribution is 2.29. The van der Waals surface area contributed by atoms with Crippen LogP contribution in [-0.2, 0) is 16.0 Å². The van der Waals surface area contributed by atoms with Crippen LogP contribution in [0.5, 0.6) is 0 Å². The lowest BCUT2D eigenvalue weighted by Crippen LogP contribution is -2.56. The third-order valence-corrected chi connectivity index (χ3v) is 5.70. The standard InChI is InChI=1S/C19H22N4O5/c24-16-4-3-14(17(25)21-16)22-7-5-11-9-12(1-2-13(11)18(22)26)15-10-20-6-8-23(15)19(27)28/h1-2,9,14-15,20H,3-8,10H2,(H,27,28)(H,21,24,25).